The predicted molar refractivity (Wildman–Crippen MR) is 215 cm³/mol. The van der Waals surface area contributed by atoms with Crippen molar-refractivity contribution in [1.29, 1.82) is 5.26 Å². The van der Waals surface area contributed by atoms with Crippen molar-refractivity contribution in [2.45, 2.75) is 83.3 Å². The monoisotopic (exact) mass is 775 g/mol. The molecule has 9 nitrogen and oxygen atoms in total. The van der Waals surface area contributed by atoms with Crippen LogP contribution in [0.25, 0.3) is 16.0 Å². The predicted octanol–water partition coefficient (Wildman–Crippen LogP) is 8.95. The molecular weight excluding hydrogens is 729 g/mol. The van der Waals surface area contributed by atoms with Gasteiger partial charge in [0, 0.05) is 62.4 Å². The fourth-order valence-electron chi connectivity index (χ4n) is 8.03. The lowest BCUT2D eigenvalue weighted by molar-refractivity contribution is -0.122. The molecule has 2 N–H and O–H groups in total. The Morgan fingerprint density at radius 1 is 1.07 bits per heavy atom. The first-order valence-corrected chi connectivity index (χ1v) is 19.8. The Labute approximate surface area is 333 Å². The van der Waals surface area contributed by atoms with Gasteiger partial charge in [-0.2, -0.15) is 5.26 Å². The standard InChI is InChI=1S/C45H47ClFN5O4/c1-29-35(7-5-10-40(29)54-18-6-16-52-17-15-45(2,47)28-52)36-8-4-9-38-37(36)12-13-41(38)56-43-23-42(55-27-31-19-30(24-48)20-34(21-31)49-3)32(22-39(43)46)25-50-33-11-14-44(53)51-26-33/h4-5,7-10,19-23,33,41,50H,6,11-18,25-28H2,1-2H3,(H,51,53)/t33-,41-,45?/m0/s1. The molecule has 3 atom stereocenters. The summed E-state index contributed by atoms with van der Waals surface area (Å²) >= 11 is 6.94. The van der Waals surface area contributed by atoms with Gasteiger partial charge in [0.05, 0.1) is 24.3 Å². The molecule has 56 heavy (non-hydrogen) atoms. The number of hydrogen-bond donors (Lipinski definition) is 2. The molecule has 4 aromatic carbocycles. The van der Waals surface area contributed by atoms with Crippen molar-refractivity contribution in [2.24, 2.45) is 0 Å². The van der Waals surface area contributed by atoms with Crippen molar-refractivity contribution in [2.75, 3.05) is 32.8 Å². The van der Waals surface area contributed by atoms with Gasteiger partial charge in [-0.3, -0.25) is 9.69 Å². The molecule has 11 heteroatoms. The quantitative estimate of drug-likeness (QED) is 0.0975. The third kappa shape index (κ3) is 9.28. The van der Waals surface area contributed by atoms with Crippen LogP contribution in [0, 0.1) is 24.8 Å². The first kappa shape index (κ1) is 39.1. The summed E-state index contributed by atoms with van der Waals surface area (Å²) < 4.78 is 33.6. The second-order valence-corrected chi connectivity index (χ2v) is 15.7. The molecule has 4 aromatic rings. The van der Waals surface area contributed by atoms with Gasteiger partial charge in [0.25, 0.3) is 0 Å². The molecule has 1 unspecified atom stereocenters. The Kier molecular flexibility index (Phi) is 12.1. The van der Waals surface area contributed by atoms with Gasteiger partial charge in [-0.25, -0.2) is 9.24 Å². The van der Waals surface area contributed by atoms with Crippen molar-refractivity contribution in [1.82, 2.24) is 15.5 Å². The molecule has 2 saturated heterocycles. The van der Waals surface area contributed by atoms with E-state index in [0.717, 1.165) is 72.3 Å². The third-order valence-corrected chi connectivity index (χ3v) is 11.3. The van der Waals surface area contributed by atoms with Crippen molar-refractivity contribution < 1.29 is 23.4 Å². The van der Waals surface area contributed by atoms with Gasteiger partial charge >= 0.3 is 0 Å². The van der Waals surface area contributed by atoms with Crippen LogP contribution in [0.4, 0.5) is 10.1 Å². The molecule has 0 spiro atoms. The topological polar surface area (TPSA) is 100 Å². The Morgan fingerprint density at radius 3 is 2.68 bits per heavy atom. The van der Waals surface area contributed by atoms with E-state index >= 15 is 0 Å². The van der Waals surface area contributed by atoms with Crippen molar-refractivity contribution in [3.05, 3.63) is 117 Å². The van der Waals surface area contributed by atoms with Crippen LogP contribution >= 0.6 is 11.6 Å². The Hall–Kier alpha value is -5.13. The molecular formula is C45H47ClFN5O4. The van der Waals surface area contributed by atoms with Gasteiger partial charge in [-0.1, -0.05) is 41.9 Å². The van der Waals surface area contributed by atoms with Crippen LogP contribution in [0.15, 0.2) is 66.7 Å². The van der Waals surface area contributed by atoms with Gasteiger partial charge < -0.3 is 24.8 Å². The molecule has 0 radical (unpaired) electrons. The van der Waals surface area contributed by atoms with Gasteiger partial charge in [-0.15, -0.1) is 0 Å². The van der Waals surface area contributed by atoms with Gasteiger partial charge in [0.15, 0.2) is 5.69 Å². The number of halogens is 2. The fraction of sp³-hybridized carbons (Fsp3) is 0.400. The normalized spacial score (nSPS) is 20.5. The molecule has 0 saturated carbocycles. The Bertz CT molecular complexity index is 2140. The van der Waals surface area contributed by atoms with Crippen molar-refractivity contribution >= 4 is 23.2 Å². The Morgan fingerprint density at radius 2 is 1.91 bits per heavy atom. The minimum atomic E-state index is -1.09. The van der Waals surface area contributed by atoms with E-state index in [4.69, 9.17) is 32.4 Å². The number of carbonyl (C=O) groups excluding carboxylic acids is 1. The Balaban J connectivity index is 1.08. The highest BCUT2D eigenvalue weighted by Crippen LogP contribution is 2.44. The molecule has 2 fully saturated rings. The first-order chi connectivity index (χ1) is 27.1. The highest BCUT2D eigenvalue weighted by atomic mass is 35.5. The summed E-state index contributed by atoms with van der Waals surface area (Å²) in [5.41, 5.74) is 6.92. The number of likely N-dealkylation sites (tertiary alicyclic amines) is 1. The second-order valence-electron chi connectivity index (χ2n) is 15.3. The fourth-order valence-corrected chi connectivity index (χ4v) is 8.26. The number of benzene rings is 4. The smallest absolute Gasteiger partial charge is 0.220 e. The zero-order chi connectivity index (χ0) is 39.2. The van der Waals surface area contributed by atoms with E-state index in [1.165, 1.54) is 5.56 Å². The van der Waals surface area contributed by atoms with Gasteiger partial charge in [0.2, 0.25) is 5.91 Å². The SMILES string of the molecule is [C-]#[N+]c1cc(C#N)cc(COc2cc(O[C@H]3CCc4c(-c5cccc(OCCCN6CCC(C)(F)C6)c5C)cccc43)c(Cl)cc2CN[C@H]2CCC(=O)NC2)c1. The van der Waals surface area contributed by atoms with E-state index in [1.54, 1.807) is 25.1 Å². The maximum atomic E-state index is 14.3. The number of carbonyl (C=O) groups is 1. The van der Waals surface area contributed by atoms with Crippen LogP contribution in [0.5, 0.6) is 17.2 Å². The maximum Gasteiger partial charge on any atom is 0.220 e. The summed E-state index contributed by atoms with van der Waals surface area (Å²) in [6.45, 7) is 15.1. The molecule has 1 amide bonds. The number of fused-ring (bicyclic) bond motifs is 1. The van der Waals surface area contributed by atoms with Crippen LogP contribution in [-0.4, -0.2) is 55.3 Å². The minimum absolute atomic E-state index is 0.0571. The number of alkyl halides is 1. The van der Waals surface area contributed by atoms with E-state index in [-0.39, 0.29) is 24.7 Å². The van der Waals surface area contributed by atoms with Crippen LogP contribution in [0.1, 0.15) is 78.5 Å². The molecule has 0 bridgehead atoms. The third-order valence-electron chi connectivity index (χ3n) is 11.0. The summed E-state index contributed by atoms with van der Waals surface area (Å²) in [4.78, 5) is 17.4. The number of nitriles is 1. The first-order valence-electron chi connectivity index (χ1n) is 19.4. The molecule has 2 heterocycles. The zero-order valence-corrected chi connectivity index (χ0v) is 32.7. The minimum Gasteiger partial charge on any atom is -0.493 e. The lowest BCUT2D eigenvalue weighted by atomic mass is 9.93. The number of nitrogens with one attached hydrogen (secondary N) is 2. The molecule has 0 aromatic heterocycles. The highest BCUT2D eigenvalue weighted by Gasteiger charge is 2.33. The van der Waals surface area contributed by atoms with Crippen LogP contribution < -0.4 is 24.8 Å². The average molecular weight is 776 g/mol. The van der Waals surface area contributed by atoms with Crippen LogP contribution in [-0.2, 0) is 24.4 Å². The summed E-state index contributed by atoms with van der Waals surface area (Å²) in [6, 6.07) is 23.5. The summed E-state index contributed by atoms with van der Waals surface area (Å²) in [6.07, 6.45) is 4.02. The van der Waals surface area contributed by atoms with Gasteiger partial charge in [-0.05, 0) is 110 Å². The van der Waals surface area contributed by atoms with Crippen LogP contribution in [0.2, 0.25) is 5.02 Å². The van der Waals surface area contributed by atoms with E-state index in [9.17, 15) is 14.4 Å². The summed E-state index contributed by atoms with van der Waals surface area (Å²) in [5, 5.41) is 16.4. The second kappa shape index (κ2) is 17.3. The number of hydrogen-bond acceptors (Lipinski definition) is 7. The number of nitrogens with zero attached hydrogens (tertiary/aromatic N) is 3. The number of amides is 1. The van der Waals surface area contributed by atoms with Crippen molar-refractivity contribution in [3.8, 4) is 34.4 Å². The number of ether oxygens (including phenoxy) is 3. The number of rotatable bonds is 14. The molecule has 7 rings (SSSR count). The van der Waals surface area contributed by atoms with E-state index in [0.29, 0.717) is 72.4 Å². The summed E-state index contributed by atoms with van der Waals surface area (Å²) in [5.74, 6) is 1.99. The lowest BCUT2D eigenvalue weighted by Crippen LogP contribution is -2.45. The lowest BCUT2D eigenvalue weighted by Gasteiger charge is -2.24. The molecule has 290 valence electrons. The van der Waals surface area contributed by atoms with Crippen LogP contribution in [0.3, 0.4) is 0 Å². The van der Waals surface area contributed by atoms with E-state index in [2.05, 4.69) is 57.6 Å². The molecule has 3 aliphatic rings. The average Bonchev–Trinajstić information content (AvgIpc) is 3.78. The van der Waals surface area contributed by atoms with E-state index in [1.807, 2.05) is 24.3 Å². The maximum absolute atomic E-state index is 14.3. The van der Waals surface area contributed by atoms with Crippen molar-refractivity contribution in [3.63, 3.8) is 0 Å². The molecule has 2 aliphatic heterocycles. The largest absolute Gasteiger partial charge is 0.493 e. The van der Waals surface area contributed by atoms with E-state index < -0.39 is 5.67 Å². The zero-order valence-electron chi connectivity index (χ0n) is 31.9. The highest BCUT2D eigenvalue weighted by molar-refractivity contribution is 6.32. The number of piperidine rings is 1. The molecule has 1 aliphatic carbocycles. The van der Waals surface area contributed by atoms with Gasteiger partial charge in [0.1, 0.15) is 35.6 Å². The summed E-state index contributed by atoms with van der Waals surface area (Å²) in [7, 11) is 0.